The molecule has 0 spiro atoms. The number of aromatic nitrogens is 2. The van der Waals surface area contributed by atoms with Crippen LogP contribution in [0.1, 0.15) is 62.0 Å². The van der Waals surface area contributed by atoms with E-state index in [1.165, 1.54) is 4.31 Å². The summed E-state index contributed by atoms with van der Waals surface area (Å²) < 4.78 is 87.4. The Morgan fingerprint density at radius 3 is 2.30 bits per heavy atom. The zero-order valence-electron chi connectivity index (χ0n) is 22.1. The number of alkyl halides is 4. The highest BCUT2D eigenvalue weighted by molar-refractivity contribution is 7.93. The van der Waals surface area contributed by atoms with Gasteiger partial charge in [-0.25, -0.2) is 17.2 Å². The number of sulfonamides is 1. The van der Waals surface area contributed by atoms with Gasteiger partial charge < -0.3 is 9.32 Å². The summed E-state index contributed by atoms with van der Waals surface area (Å²) in [7, 11) is -3.77. The lowest BCUT2D eigenvalue weighted by atomic mass is 9.90. The van der Waals surface area contributed by atoms with Crippen molar-refractivity contribution >= 4 is 15.7 Å². The quantitative estimate of drug-likeness (QED) is 0.289. The number of piperidine rings is 1. The van der Waals surface area contributed by atoms with Gasteiger partial charge in [-0.05, 0) is 81.1 Å². The molecule has 40 heavy (non-hydrogen) atoms. The van der Waals surface area contributed by atoms with Gasteiger partial charge in [-0.1, -0.05) is 24.3 Å². The summed E-state index contributed by atoms with van der Waals surface area (Å²) >= 11 is 0. The molecular weight excluding hydrogens is 548 g/mol. The monoisotopic (exact) mass is 580 g/mol. The van der Waals surface area contributed by atoms with Crippen molar-refractivity contribution in [3.63, 3.8) is 0 Å². The average Bonchev–Trinajstić information content (AvgIpc) is 3.43. The molecule has 0 unspecified atom stereocenters. The van der Waals surface area contributed by atoms with Crippen molar-refractivity contribution in [2.75, 3.05) is 17.4 Å². The van der Waals surface area contributed by atoms with E-state index in [-0.39, 0.29) is 31.3 Å². The number of benzene rings is 2. The molecule has 2 fully saturated rings. The number of halogens is 4. The summed E-state index contributed by atoms with van der Waals surface area (Å²) in [5.74, 6) is -3.40. The van der Waals surface area contributed by atoms with Crippen LogP contribution in [0, 0.1) is 6.92 Å². The highest BCUT2D eigenvalue weighted by atomic mass is 32.2. The van der Waals surface area contributed by atoms with Gasteiger partial charge in [0.2, 0.25) is 21.8 Å². The first-order chi connectivity index (χ1) is 19.0. The Labute approximate surface area is 231 Å². The van der Waals surface area contributed by atoms with Crippen molar-refractivity contribution in [1.82, 2.24) is 15.1 Å². The number of aryl methyl sites for hydroxylation is 1. The Morgan fingerprint density at radius 1 is 1.02 bits per heavy atom. The fourth-order valence-electron chi connectivity index (χ4n) is 5.58. The third kappa shape index (κ3) is 6.33. The lowest BCUT2D eigenvalue weighted by Crippen LogP contribution is -2.49. The molecule has 0 bridgehead atoms. The van der Waals surface area contributed by atoms with Crippen LogP contribution in [0.15, 0.2) is 52.9 Å². The van der Waals surface area contributed by atoms with E-state index in [0.717, 1.165) is 5.56 Å². The molecule has 0 N–H and O–H groups in total. The maximum Gasteiger partial charge on any atom is 0.314 e. The number of rotatable bonds is 8. The summed E-state index contributed by atoms with van der Waals surface area (Å²) in [5, 5.41) is 6.41. The predicted molar refractivity (Wildman–Crippen MR) is 143 cm³/mol. The topological polar surface area (TPSA) is 79.5 Å². The number of hydrogen-bond acceptors (Lipinski definition) is 6. The van der Waals surface area contributed by atoms with Gasteiger partial charge in [0.05, 0.1) is 17.5 Å². The van der Waals surface area contributed by atoms with Crippen molar-refractivity contribution in [1.29, 1.82) is 0 Å². The zero-order valence-corrected chi connectivity index (χ0v) is 23.0. The molecule has 2 aromatic carbocycles. The molecular formula is C28H32F4N4O3S. The lowest BCUT2D eigenvalue weighted by Gasteiger charge is -2.41. The van der Waals surface area contributed by atoms with Gasteiger partial charge in [-0.3, -0.25) is 4.31 Å². The normalized spacial score (nSPS) is 19.2. The van der Waals surface area contributed by atoms with Crippen LogP contribution in [0.4, 0.5) is 23.2 Å². The first-order valence-corrected chi connectivity index (χ1v) is 14.9. The minimum Gasteiger partial charge on any atom is -0.415 e. The van der Waals surface area contributed by atoms with Crippen molar-refractivity contribution < 1.29 is 30.4 Å². The van der Waals surface area contributed by atoms with Crippen molar-refractivity contribution in [2.24, 2.45) is 0 Å². The Balaban J connectivity index is 1.32. The standard InChI is InChI=1S/C28H32F4N4O3S/c1-19-3-2-4-23(17-19)36(18-20-5-7-21(8-6-20)26-33-34-27(39-26)25(29)30)40(37,38)24-11-15-35(16-12-24)22-9-13-28(31,32)14-10-22/h2-8,17,22,24-25H,9-16,18H2,1H3. The Kier molecular flexibility index (Phi) is 8.19. The molecule has 1 aromatic heterocycles. The van der Waals surface area contributed by atoms with E-state index in [4.69, 9.17) is 4.42 Å². The van der Waals surface area contributed by atoms with E-state index >= 15 is 0 Å². The molecule has 12 heteroatoms. The Morgan fingerprint density at radius 2 is 1.70 bits per heavy atom. The minimum absolute atomic E-state index is 0.0431. The molecule has 2 aliphatic rings. The van der Waals surface area contributed by atoms with Gasteiger partial charge in [-0.15, -0.1) is 10.2 Å². The lowest BCUT2D eigenvalue weighted by molar-refractivity contribution is -0.0552. The smallest absolute Gasteiger partial charge is 0.314 e. The second-order valence-corrected chi connectivity index (χ2v) is 12.8. The van der Waals surface area contributed by atoms with Crippen LogP contribution in [0.25, 0.3) is 11.5 Å². The molecule has 0 radical (unpaired) electrons. The summed E-state index contributed by atoms with van der Waals surface area (Å²) in [6.45, 7) is 3.09. The van der Waals surface area contributed by atoms with Crippen LogP contribution in [-0.2, 0) is 16.6 Å². The van der Waals surface area contributed by atoms with E-state index in [9.17, 15) is 26.0 Å². The maximum absolute atomic E-state index is 14.0. The van der Waals surface area contributed by atoms with E-state index in [0.29, 0.717) is 55.6 Å². The van der Waals surface area contributed by atoms with Crippen LogP contribution in [-0.4, -0.2) is 53.8 Å². The zero-order chi connectivity index (χ0) is 28.5. The average molecular weight is 581 g/mol. The molecule has 216 valence electrons. The highest BCUT2D eigenvalue weighted by Crippen LogP contribution is 2.37. The number of anilines is 1. The van der Waals surface area contributed by atoms with Crippen LogP contribution < -0.4 is 4.31 Å². The fraction of sp³-hybridized carbons (Fsp3) is 0.500. The number of likely N-dealkylation sites (tertiary alicyclic amines) is 1. The molecule has 1 aliphatic heterocycles. The summed E-state index contributed by atoms with van der Waals surface area (Å²) in [4.78, 5) is 2.17. The second kappa shape index (κ2) is 11.5. The highest BCUT2D eigenvalue weighted by Gasteiger charge is 2.40. The molecule has 0 amide bonds. The van der Waals surface area contributed by atoms with E-state index < -0.39 is 33.5 Å². The first kappa shape index (κ1) is 28.5. The fourth-order valence-corrected chi connectivity index (χ4v) is 7.48. The van der Waals surface area contributed by atoms with Crippen molar-refractivity contribution in [3.8, 4) is 11.5 Å². The van der Waals surface area contributed by atoms with Crippen LogP contribution in [0.5, 0.6) is 0 Å². The van der Waals surface area contributed by atoms with Gasteiger partial charge in [0, 0.05) is 24.4 Å². The van der Waals surface area contributed by atoms with Gasteiger partial charge in [-0.2, -0.15) is 8.78 Å². The first-order valence-electron chi connectivity index (χ1n) is 13.4. The Bertz CT molecular complexity index is 1400. The summed E-state index contributed by atoms with van der Waals surface area (Å²) in [5.41, 5.74) is 2.62. The van der Waals surface area contributed by atoms with E-state index in [1.807, 2.05) is 25.1 Å². The predicted octanol–water partition coefficient (Wildman–Crippen LogP) is 6.36. The molecule has 7 nitrogen and oxygen atoms in total. The van der Waals surface area contributed by atoms with Crippen LogP contribution >= 0.6 is 0 Å². The van der Waals surface area contributed by atoms with E-state index in [1.54, 1.807) is 30.3 Å². The molecule has 1 saturated heterocycles. The molecule has 3 aromatic rings. The third-order valence-corrected chi connectivity index (χ3v) is 10.1. The largest absolute Gasteiger partial charge is 0.415 e. The number of nitrogens with zero attached hydrogens (tertiary/aromatic N) is 4. The van der Waals surface area contributed by atoms with Crippen molar-refractivity contribution in [2.45, 2.75) is 75.6 Å². The SMILES string of the molecule is Cc1cccc(N(Cc2ccc(-c3nnc(C(F)F)o3)cc2)S(=O)(=O)C2CCN(C3CCC(F)(F)CC3)CC2)c1. The molecule has 1 aliphatic carbocycles. The summed E-state index contributed by atoms with van der Waals surface area (Å²) in [6.07, 6.45) is -1.37. The van der Waals surface area contributed by atoms with Gasteiger partial charge in [0.25, 0.3) is 5.89 Å². The Hall–Kier alpha value is -2.99. The number of hydrogen-bond donors (Lipinski definition) is 0. The minimum atomic E-state index is -3.77. The van der Waals surface area contributed by atoms with Gasteiger partial charge >= 0.3 is 6.43 Å². The van der Waals surface area contributed by atoms with Gasteiger partial charge in [0.15, 0.2) is 0 Å². The third-order valence-electron chi connectivity index (χ3n) is 7.85. The van der Waals surface area contributed by atoms with Crippen LogP contribution in [0.3, 0.4) is 0 Å². The molecule has 0 atom stereocenters. The van der Waals surface area contributed by atoms with Gasteiger partial charge in [0.1, 0.15) is 0 Å². The molecule has 1 saturated carbocycles. The van der Waals surface area contributed by atoms with Crippen molar-refractivity contribution in [3.05, 3.63) is 65.5 Å². The van der Waals surface area contributed by atoms with E-state index in [2.05, 4.69) is 15.1 Å². The molecule has 2 heterocycles. The molecule has 5 rings (SSSR count). The maximum atomic E-state index is 14.0. The van der Waals surface area contributed by atoms with Crippen LogP contribution in [0.2, 0.25) is 0 Å². The summed E-state index contributed by atoms with van der Waals surface area (Å²) in [6, 6.07) is 14.1. The second-order valence-electron chi connectivity index (χ2n) is 10.7.